The molecule has 3 aromatic rings. The molecule has 0 bridgehead atoms. The number of aromatic nitrogens is 4. The summed E-state index contributed by atoms with van der Waals surface area (Å²) in [5, 5.41) is 20.1. The van der Waals surface area contributed by atoms with Crippen molar-refractivity contribution >= 4 is 11.0 Å². The largest absolute Gasteiger partial charge is 0.374 e. The molecule has 0 spiro atoms. The molecule has 0 saturated heterocycles. The molecule has 7 nitrogen and oxygen atoms in total. The summed E-state index contributed by atoms with van der Waals surface area (Å²) in [7, 11) is 0. The number of hydrogen-bond donors (Lipinski definition) is 3. The van der Waals surface area contributed by atoms with Crippen LogP contribution >= 0.6 is 0 Å². The maximum Gasteiger partial charge on any atom is 0.252 e. The van der Waals surface area contributed by atoms with Crippen molar-refractivity contribution in [3.05, 3.63) is 56.3 Å². The molecule has 5 rings (SSSR count). The van der Waals surface area contributed by atoms with Gasteiger partial charge in [-0.15, -0.1) is 0 Å². The van der Waals surface area contributed by atoms with E-state index >= 15 is 0 Å². The molecular formula is C24H31N5O2. The molecule has 2 aliphatic carbocycles. The number of aliphatic hydroxyl groups is 1. The normalized spacial score (nSPS) is 18.5. The van der Waals surface area contributed by atoms with Gasteiger partial charge in [-0.2, -0.15) is 5.10 Å². The summed E-state index contributed by atoms with van der Waals surface area (Å²) in [5.41, 5.74) is 5.90. The molecule has 164 valence electrons. The van der Waals surface area contributed by atoms with Crippen LogP contribution in [0.5, 0.6) is 0 Å². The van der Waals surface area contributed by atoms with Crippen molar-refractivity contribution in [2.75, 3.05) is 0 Å². The molecule has 2 saturated carbocycles. The van der Waals surface area contributed by atoms with Gasteiger partial charge in [0.05, 0.1) is 11.7 Å². The zero-order valence-electron chi connectivity index (χ0n) is 18.7. The number of nitrogens with zero attached hydrogens (tertiary/aromatic N) is 3. The molecule has 0 aromatic carbocycles. The van der Waals surface area contributed by atoms with E-state index < -0.39 is 6.23 Å². The van der Waals surface area contributed by atoms with Gasteiger partial charge >= 0.3 is 0 Å². The van der Waals surface area contributed by atoms with Gasteiger partial charge in [-0.25, -0.2) is 9.67 Å². The predicted molar refractivity (Wildman–Crippen MR) is 120 cm³/mol. The first kappa shape index (κ1) is 20.4. The van der Waals surface area contributed by atoms with Gasteiger partial charge in [0.1, 0.15) is 6.23 Å². The van der Waals surface area contributed by atoms with Crippen LogP contribution in [0.25, 0.3) is 11.0 Å². The van der Waals surface area contributed by atoms with E-state index in [-0.39, 0.29) is 12.1 Å². The van der Waals surface area contributed by atoms with Gasteiger partial charge in [0.25, 0.3) is 5.56 Å². The van der Waals surface area contributed by atoms with Gasteiger partial charge in [0.2, 0.25) is 0 Å². The van der Waals surface area contributed by atoms with Crippen molar-refractivity contribution in [3.63, 3.8) is 0 Å². The van der Waals surface area contributed by atoms with Gasteiger partial charge < -0.3 is 10.1 Å². The lowest BCUT2D eigenvalue weighted by Crippen LogP contribution is -2.26. The van der Waals surface area contributed by atoms with Crippen molar-refractivity contribution in [3.8, 4) is 0 Å². The zero-order chi connectivity index (χ0) is 21.9. The molecule has 3 aromatic heterocycles. The third kappa shape index (κ3) is 3.81. The van der Waals surface area contributed by atoms with Crippen molar-refractivity contribution in [2.24, 2.45) is 5.92 Å². The van der Waals surface area contributed by atoms with E-state index in [0.717, 1.165) is 52.1 Å². The van der Waals surface area contributed by atoms with Crippen LogP contribution in [-0.4, -0.2) is 24.9 Å². The molecule has 0 radical (unpaired) electrons. The topological polar surface area (TPSA) is 95.8 Å². The Labute approximate surface area is 181 Å². The van der Waals surface area contributed by atoms with Crippen LogP contribution < -0.4 is 10.9 Å². The van der Waals surface area contributed by atoms with Crippen LogP contribution in [0.15, 0.2) is 16.9 Å². The van der Waals surface area contributed by atoms with E-state index in [2.05, 4.69) is 21.9 Å². The Hall–Kier alpha value is -2.51. The predicted octanol–water partition coefficient (Wildman–Crippen LogP) is 3.67. The van der Waals surface area contributed by atoms with Crippen LogP contribution in [0.1, 0.15) is 84.6 Å². The number of aliphatic hydroxyl groups excluding tert-OH is 1. The summed E-state index contributed by atoms with van der Waals surface area (Å²) in [6.07, 6.45) is 3.86. The van der Waals surface area contributed by atoms with Crippen molar-refractivity contribution in [1.82, 2.24) is 25.1 Å². The fourth-order valence-corrected chi connectivity index (χ4v) is 4.64. The van der Waals surface area contributed by atoms with Gasteiger partial charge in [0, 0.05) is 40.4 Å². The first-order valence-electron chi connectivity index (χ1n) is 11.3. The highest BCUT2D eigenvalue weighted by Gasteiger charge is 2.33. The lowest BCUT2D eigenvalue weighted by Gasteiger charge is -2.17. The number of rotatable bonds is 7. The molecule has 3 heterocycles. The highest BCUT2D eigenvalue weighted by Crippen LogP contribution is 2.43. The smallest absolute Gasteiger partial charge is 0.252 e. The highest BCUT2D eigenvalue weighted by atomic mass is 16.3. The molecule has 0 amide bonds. The first-order chi connectivity index (χ1) is 14.8. The Morgan fingerprint density at radius 2 is 1.97 bits per heavy atom. The molecule has 0 aliphatic heterocycles. The lowest BCUT2D eigenvalue weighted by atomic mass is 10.1. The fourth-order valence-electron chi connectivity index (χ4n) is 4.64. The van der Waals surface area contributed by atoms with Gasteiger partial charge in [0.15, 0.2) is 5.65 Å². The highest BCUT2D eigenvalue weighted by molar-refractivity contribution is 5.83. The quantitative estimate of drug-likeness (QED) is 0.506. The number of hydrogen-bond acceptors (Lipinski definition) is 5. The second-order valence-electron chi connectivity index (χ2n) is 9.44. The summed E-state index contributed by atoms with van der Waals surface area (Å²) in [6, 6.07) is 4.29. The Bertz CT molecular complexity index is 1200. The molecular weight excluding hydrogens is 390 g/mol. The molecule has 3 N–H and O–H groups in total. The Morgan fingerprint density at radius 1 is 1.23 bits per heavy atom. The number of pyridine rings is 2. The molecule has 7 heteroatoms. The van der Waals surface area contributed by atoms with Crippen molar-refractivity contribution in [2.45, 2.75) is 78.1 Å². The average molecular weight is 422 g/mol. The molecule has 2 atom stereocenters. The third-order valence-corrected chi connectivity index (χ3v) is 6.83. The summed E-state index contributed by atoms with van der Waals surface area (Å²) >= 11 is 0. The maximum atomic E-state index is 12.4. The van der Waals surface area contributed by atoms with Gasteiger partial charge in [-0.3, -0.25) is 10.1 Å². The number of aryl methyl sites for hydroxylation is 3. The first-order valence-corrected chi connectivity index (χ1v) is 11.3. The van der Waals surface area contributed by atoms with Crippen LogP contribution in [-0.2, 0) is 6.54 Å². The zero-order valence-corrected chi connectivity index (χ0v) is 18.7. The van der Waals surface area contributed by atoms with E-state index in [9.17, 15) is 9.90 Å². The third-order valence-electron chi connectivity index (χ3n) is 6.83. The van der Waals surface area contributed by atoms with E-state index in [1.807, 2.05) is 32.9 Å². The molecule has 2 aliphatic rings. The minimum Gasteiger partial charge on any atom is -0.374 e. The van der Waals surface area contributed by atoms with Crippen LogP contribution in [0.3, 0.4) is 0 Å². The van der Waals surface area contributed by atoms with E-state index in [1.165, 1.54) is 12.8 Å². The molecule has 2 fully saturated rings. The molecule has 2 unspecified atom stereocenters. The second kappa shape index (κ2) is 7.57. The van der Waals surface area contributed by atoms with Gasteiger partial charge in [-0.1, -0.05) is 0 Å². The van der Waals surface area contributed by atoms with Crippen molar-refractivity contribution in [1.29, 1.82) is 0 Å². The number of H-pyrrole nitrogens is 1. The molecule has 31 heavy (non-hydrogen) atoms. The number of fused-ring (bicyclic) bond motifs is 1. The Kier molecular flexibility index (Phi) is 4.98. The summed E-state index contributed by atoms with van der Waals surface area (Å²) in [6.45, 7) is 8.29. The SMILES string of the molecule is Cc1cc(C)c(CNC(O)c2cc(C3CC3)nc3c2c(C)nn3C(C)C2CC2)c(=O)[nH]1. The van der Waals surface area contributed by atoms with E-state index in [4.69, 9.17) is 10.1 Å². The number of nitrogens with one attached hydrogen (secondary N) is 2. The van der Waals surface area contributed by atoms with Crippen LogP contribution in [0.2, 0.25) is 0 Å². The lowest BCUT2D eigenvalue weighted by molar-refractivity contribution is 0.138. The summed E-state index contributed by atoms with van der Waals surface area (Å²) < 4.78 is 2.07. The standard InChI is InChI=1S/C24H31N5O2/c1-12-9-13(2)26-24(31)19(12)11-25-23(30)18-10-20(17-7-8-17)27-22-21(18)14(3)28-29(22)15(4)16-5-6-16/h9-10,15-17,23,25,30H,5-8,11H2,1-4H3,(H,26,31). The van der Waals surface area contributed by atoms with E-state index in [0.29, 0.717) is 23.4 Å². The summed E-state index contributed by atoms with van der Waals surface area (Å²) in [4.78, 5) is 20.2. The number of aromatic amines is 1. The van der Waals surface area contributed by atoms with Crippen molar-refractivity contribution < 1.29 is 5.11 Å². The maximum absolute atomic E-state index is 12.4. The monoisotopic (exact) mass is 421 g/mol. The average Bonchev–Trinajstić information content (AvgIpc) is 3.62. The fraction of sp³-hybridized carbons (Fsp3) is 0.542. The Balaban J connectivity index is 1.52. The summed E-state index contributed by atoms with van der Waals surface area (Å²) in [5.74, 6) is 1.13. The minimum absolute atomic E-state index is 0.113. The van der Waals surface area contributed by atoms with Crippen LogP contribution in [0, 0.1) is 26.7 Å². The van der Waals surface area contributed by atoms with Crippen LogP contribution in [0.4, 0.5) is 0 Å². The van der Waals surface area contributed by atoms with Gasteiger partial charge in [-0.05, 0) is 77.0 Å². The van der Waals surface area contributed by atoms with E-state index in [1.54, 1.807) is 0 Å². The minimum atomic E-state index is -0.907. The Morgan fingerprint density at radius 3 is 2.61 bits per heavy atom. The second-order valence-corrected chi connectivity index (χ2v) is 9.44.